The molecule has 0 aliphatic carbocycles. The number of hydrogen-bond donors (Lipinski definition) is 0. The van der Waals surface area contributed by atoms with E-state index in [1.807, 2.05) is 30.3 Å². The highest BCUT2D eigenvalue weighted by Gasteiger charge is 2.33. The first-order chi connectivity index (χ1) is 9.09. The molecular weight excluding hydrogens is 258 g/mol. The van der Waals surface area contributed by atoms with Gasteiger partial charge in [-0.3, -0.25) is 9.59 Å². The third kappa shape index (κ3) is 1.72. The van der Waals surface area contributed by atoms with Gasteiger partial charge in [0.1, 0.15) is 0 Å². The maximum Gasteiger partial charge on any atom is 0.259 e. The highest BCUT2D eigenvalue weighted by molar-refractivity contribution is 7.18. The number of ketones is 1. The van der Waals surface area contributed by atoms with Crippen molar-refractivity contribution in [1.29, 1.82) is 0 Å². The van der Waals surface area contributed by atoms with E-state index in [4.69, 9.17) is 0 Å². The lowest BCUT2D eigenvalue weighted by molar-refractivity contribution is 0.0781. The van der Waals surface area contributed by atoms with E-state index in [1.165, 1.54) is 16.2 Å². The molecule has 4 heteroatoms. The molecule has 1 aliphatic rings. The van der Waals surface area contributed by atoms with Gasteiger partial charge in [0.2, 0.25) is 5.78 Å². The molecule has 2 aromatic rings. The van der Waals surface area contributed by atoms with Gasteiger partial charge in [-0.2, -0.15) is 0 Å². The highest BCUT2D eigenvalue weighted by Crippen LogP contribution is 2.36. The first-order valence-electron chi connectivity index (χ1n) is 5.80. The van der Waals surface area contributed by atoms with Crippen molar-refractivity contribution < 1.29 is 9.59 Å². The van der Waals surface area contributed by atoms with Gasteiger partial charge < -0.3 is 4.90 Å². The summed E-state index contributed by atoms with van der Waals surface area (Å²) >= 11 is 1.35. The summed E-state index contributed by atoms with van der Waals surface area (Å²) in [5, 5.41) is 0. The van der Waals surface area contributed by atoms with Gasteiger partial charge in [0.25, 0.3) is 5.91 Å². The second kappa shape index (κ2) is 4.17. The van der Waals surface area contributed by atoms with Gasteiger partial charge in [0, 0.05) is 11.9 Å². The van der Waals surface area contributed by atoms with Crippen LogP contribution >= 0.6 is 11.3 Å². The molecular formula is C15H11NO2S. The summed E-state index contributed by atoms with van der Waals surface area (Å²) in [6.45, 7) is 3.67. The van der Waals surface area contributed by atoms with E-state index < -0.39 is 0 Å². The Kier molecular flexibility index (Phi) is 2.61. The van der Waals surface area contributed by atoms with Crippen LogP contribution in [-0.4, -0.2) is 23.6 Å². The molecule has 0 saturated heterocycles. The van der Waals surface area contributed by atoms with Crippen LogP contribution in [0.25, 0.3) is 10.4 Å². The molecule has 1 aliphatic heterocycles. The number of carbonyl (C=O) groups is 2. The van der Waals surface area contributed by atoms with Crippen molar-refractivity contribution in [2.75, 3.05) is 7.05 Å². The van der Waals surface area contributed by atoms with Gasteiger partial charge in [0.05, 0.1) is 16.1 Å². The number of nitrogens with zero attached hydrogens (tertiary/aromatic N) is 1. The Bertz CT molecular complexity index is 700. The standard InChI is InChI=1S/C15H11NO2S/c1-9-13(17)14-11(15(18)16(9)2)8-12(19-14)10-6-4-3-5-7-10/h3-8H,1H2,2H3. The van der Waals surface area contributed by atoms with E-state index in [2.05, 4.69) is 6.58 Å². The minimum Gasteiger partial charge on any atom is -0.308 e. The molecule has 1 aromatic carbocycles. The molecule has 0 spiro atoms. The van der Waals surface area contributed by atoms with Crippen LogP contribution < -0.4 is 0 Å². The zero-order valence-electron chi connectivity index (χ0n) is 10.3. The summed E-state index contributed by atoms with van der Waals surface area (Å²) in [5.41, 5.74) is 1.72. The predicted molar refractivity (Wildman–Crippen MR) is 75.3 cm³/mol. The molecule has 3 nitrogen and oxygen atoms in total. The van der Waals surface area contributed by atoms with Crippen molar-refractivity contribution >= 4 is 23.0 Å². The number of Topliss-reactive ketones (excluding diaryl/α,β-unsaturated/α-hetero) is 1. The Labute approximate surface area is 114 Å². The number of allylic oxidation sites excluding steroid dienone is 1. The minimum absolute atomic E-state index is 0.163. The summed E-state index contributed by atoms with van der Waals surface area (Å²) in [6.07, 6.45) is 0. The number of hydrogen-bond acceptors (Lipinski definition) is 3. The summed E-state index contributed by atoms with van der Waals surface area (Å²) in [4.78, 5) is 27.0. The zero-order chi connectivity index (χ0) is 13.6. The van der Waals surface area contributed by atoms with E-state index in [9.17, 15) is 9.59 Å². The van der Waals surface area contributed by atoms with E-state index in [1.54, 1.807) is 13.1 Å². The molecule has 0 fully saturated rings. The van der Waals surface area contributed by atoms with Crippen molar-refractivity contribution in [3.8, 4) is 10.4 Å². The van der Waals surface area contributed by atoms with E-state index in [0.717, 1.165) is 10.4 Å². The van der Waals surface area contributed by atoms with Gasteiger partial charge in [-0.1, -0.05) is 36.9 Å². The van der Waals surface area contributed by atoms with Crippen LogP contribution in [0.1, 0.15) is 20.0 Å². The van der Waals surface area contributed by atoms with Crippen LogP contribution in [0.2, 0.25) is 0 Å². The number of rotatable bonds is 1. The lowest BCUT2D eigenvalue weighted by Gasteiger charge is -2.22. The fraction of sp³-hybridized carbons (Fsp3) is 0.0667. The first kappa shape index (κ1) is 11.9. The summed E-state index contributed by atoms with van der Waals surface area (Å²) in [6, 6.07) is 11.5. The quantitative estimate of drug-likeness (QED) is 0.745. The SMILES string of the molecule is C=C1C(=O)c2sc(-c3ccccc3)cc2C(=O)N1C. The second-order valence-corrected chi connectivity index (χ2v) is 5.41. The number of carbonyl (C=O) groups excluding carboxylic acids is 2. The fourth-order valence-electron chi connectivity index (χ4n) is 2.05. The summed E-state index contributed by atoms with van der Waals surface area (Å²) in [5.74, 6) is -0.331. The average Bonchev–Trinajstić information content (AvgIpc) is 2.89. The monoisotopic (exact) mass is 269 g/mol. The zero-order valence-corrected chi connectivity index (χ0v) is 11.2. The maximum absolute atomic E-state index is 12.1. The van der Waals surface area contributed by atoms with E-state index in [0.29, 0.717) is 10.4 Å². The van der Waals surface area contributed by atoms with E-state index >= 15 is 0 Å². The third-order valence-corrected chi connectivity index (χ3v) is 4.38. The van der Waals surface area contributed by atoms with Gasteiger partial charge in [0.15, 0.2) is 0 Å². The minimum atomic E-state index is -0.168. The molecule has 0 saturated carbocycles. The number of benzene rings is 1. The van der Waals surface area contributed by atoms with Gasteiger partial charge in [-0.05, 0) is 11.6 Å². The Morgan fingerprint density at radius 3 is 2.53 bits per heavy atom. The average molecular weight is 269 g/mol. The van der Waals surface area contributed by atoms with Crippen LogP contribution in [0.3, 0.4) is 0 Å². The van der Waals surface area contributed by atoms with Crippen LogP contribution in [0.15, 0.2) is 48.7 Å². The molecule has 1 amide bonds. The number of amides is 1. The lowest BCUT2D eigenvalue weighted by atomic mass is 10.0. The van der Waals surface area contributed by atoms with Crippen molar-refractivity contribution in [2.24, 2.45) is 0 Å². The van der Waals surface area contributed by atoms with Crippen molar-refractivity contribution in [1.82, 2.24) is 4.90 Å². The molecule has 0 atom stereocenters. The van der Waals surface area contributed by atoms with E-state index in [-0.39, 0.29) is 17.4 Å². The van der Waals surface area contributed by atoms with Gasteiger partial charge in [-0.15, -0.1) is 11.3 Å². The normalized spacial score (nSPS) is 14.8. The first-order valence-corrected chi connectivity index (χ1v) is 6.62. The fourth-order valence-corrected chi connectivity index (χ4v) is 3.17. The van der Waals surface area contributed by atoms with Gasteiger partial charge >= 0.3 is 0 Å². The topological polar surface area (TPSA) is 37.4 Å². The molecule has 0 N–H and O–H groups in total. The van der Waals surface area contributed by atoms with Crippen LogP contribution in [0.4, 0.5) is 0 Å². The molecule has 3 rings (SSSR count). The lowest BCUT2D eigenvalue weighted by Crippen LogP contribution is -2.34. The summed E-state index contributed by atoms with van der Waals surface area (Å²) < 4.78 is 0. The molecule has 94 valence electrons. The van der Waals surface area contributed by atoms with Crippen molar-refractivity contribution in [3.63, 3.8) is 0 Å². The van der Waals surface area contributed by atoms with Crippen LogP contribution in [0.5, 0.6) is 0 Å². The molecule has 0 unspecified atom stereocenters. The Morgan fingerprint density at radius 2 is 1.84 bits per heavy atom. The predicted octanol–water partition coefficient (Wildman–Crippen LogP) is 3.20. The number of likely N-dealkylation sites (N-methyl/N-ethyl adjacent to an activating group) is 1. The van der Waals surface area contributed by atoms with Gasteiger partial charge in [-0.25, -0.2) is 0 Å². The molecule has 0 bridgehead atoms. The van der Waals surface area contributed by atoms with Crippen LogP contribution in [-0.2, 0) is 0 Å². The Hall–Kier alpha value is -2.20. The van der Waals surface area contributed by atoms with Crippen molar-refractivity contribution in [2.45, 2.75) is 0 Å². The second-order valence-electron chi connectivity index (χ2n) is 4.36. The molecule has 2 heterocycles. The maximum atomic E-state index is 12.1. The molecule has 0 radical (unpaired) electrons. The third-order valence-electron chi connectivity index (χ3n) is 3.20. The molecule has 19 heavy (non-hydrogen) atoms. The highest BCUT2D eigenvalue weighted by atomic mass is 32.1. The molecule has 1 aromatic heterocycles. The Morgan fingerprint density at radius 1 is 1.16 bits per heavy atom. The Balaban J connectivity index is 2.16. The number of fused-ring (bicyclic) bond motifs is 1. The number of thiophene rings is 1. The summed E-state index contributed by atoms with van der Waals surface area (Å²) in [7, 11) is 1.57. The smallest absolute Gasteiger partial charge is 0.259 e. The van der Waals surface area contributed by atoms with Crippen LogP contribution in [0, 0.1) is 0 Å². The van der Waals surface area contributed by atoms with Crippen molar-refractivity contribution in [3.05, 3.63) is 59.1 Å². The largest absolute Gasteiger partial charge is 0.308 e.